The molecule has 0 spiro atoms. The minimum atomic E-state index is -0.283. The maximum atomic E-state index is 11.7. The van der Waals surface area contributed by atoms with Gasteiger partial charge in [-0.1, -0.05) is 0 Å². The van der Waals surface area contributed by atoms with Crippen LogP contribution in [-0.4, -0.2) is 31.5 Å². The molecule has 0 amide bonds. The van der Waals surface area contributed by atoms with E-state index in [1.54, 1.807) is 18.3 Å². The van der Waals surface area contributed by atoms with E-state index >= 15 is 0 Å². The lowest BCUT2D eigenvalue weighted by molar-refractivity contribution is 0.327. The molecular weight excluding hydrogens is 260 g/mol. The van der Waals surface area contributed by atoms with E-state index in [1.165, 1.54) is 6.33 Å². The van der Waals surface area contributed by atoms with Crippen molar-refractivity contribution in [1.29, 1.82) is 0 Å². The monoisotopic (exact) mass is 272 g/mol. The molecule has 0 atom stereocenters. The SMILES string of the molecule is CCOc1ccc(Nc2nc3nc[nH]c3c(=O)[nH]2)cn1. The van der Waals surface area contributed by atoms with Crippen molar-refractivity contribution >= 4 is 22.8 Å². The van der Waals surface area contributed by atoms with Crippen LogP contribution in [-0.2, 0) is 0 Å². The van der Waals surface area contributed by atoms with Crippen LogP contribution < -0.4 is 15.6 Å². The molecule has 0 aliphatic carbocycles. The standard InChI is InChI=1S/C12H12N6O2/c1-2-20-8-4-3-7(5-13-8)16-12-17-10-9(11(19)18-12)14-6-15-10/h3-6H,2H2,1H3,(H3,14,15,16,17,18,19). The number of anilines is 2. The highest BCUT2D eigenvalue weighted by molar-refractivity contribution is 5.70. The van der Waals surface area contributed by atoms with Gasteiger partial charge in [0.2, 0.25) is 11.8 Å². The molecule has 8 nitrogen and oxygen atoms in total. The fourth-order valence-electron chi connectivity index (χ4n) is 1.73. The van der Waals surface area contributed by atoms with Gasteiger partial charge in [0, 0.05) is 6.07 Å². The largest absolute Gasteiger partial charge is 0.478 e. The average Bonchev–Trinajstić information content (AvgIpc) is 2.90. The van der Waals surface area contributed by atoms with Crippen LogP contribution >= 0.6 is 0 Å². The molecule has 20 heavy (non-hydrogen) atoms. The van der Waals surface area contributed by atoms with Gasteiger partial charge < -0.3 is 15.0 Å². The van der Waals surface area contributed by atoms with Crippen LogP contribution in [0.5, 0.6) is 5.88 Å². The van der Waals surface area contributed by atoms with E-state index in [0.717, 1.165) is 0 Å². The third-order valence-corrected chi connectivity index (χ3v) is 2.59. The zero-order chi connectivity index (χ0) is 13.9. The van der Waals surface area contributed by atoms with Crippen molar-refractivity contribution in [2.45, 2.75) is 6.92 Å². The zero-order valence-corrected chi connectivity index (χ0v) is 10.7. The Morgan fingerprint density at radius 1 is 1.35 bits per heavy atom. The van der Waals surface area contributed by atoms with Crippen molar-refractivity contribution in [3.05, 3.63) is 35.0 Å². The van der Waals surface area contributed by atoms with Crippen LogP contribution in [0.4, 0.5) is 11.6 Å². The van der Waals surface area contributed by atoms with E-state index in [1.807, 2.05) is 6.92 Å². The van der Waals surface area contributed by atoms with Gasteiger partial charge in [0.25, 0.3) is 5.56 Å². The minimum Gasteiger partial charge on any atom is -0.478 e. The van der Waals surface area contributed by atoms with Crippen molar-refractivity contribution in [2.75, 3.05) is 11.9 Å². The van der Waals surface area contributed by atoms with Gasteiger partial charge in [-0.3, -0.25) is 9.78 Å². The molecule has 0 fully saturated rings. The lowest BCUT2D eigenvalue weighted by Crippen LogP contribution is -2.11. The summed E-state index contributed by atoms with van der Waals surface area (Å²) in [6.07, 6.45) is 3.02. The van der Waals surface area contributed by atoms with Gasteiger partial charge in [-0.25, -0.2) is 9.97 Å². The Hall–Kier alpha value is -2.90. The smallest absolute Gasteiger partial charge is 0.278 e. The van der Waals surface area contributed by atoms with Crippen LogP contribution in [0, 0.1) is 0 Å². The summed E-state index contributed by atoms with van der Waals surface area (Å²) in [7, 11) is 0. The average molecular weight is 272 g/mol. The van der Waals surface area contributed by atoms with E-state index in [9.17, 15) is 4.79 Å². The molecule has 3 rings (SSSR count). The molecule has 0 unspecified atom stereocenters. The summed E-state index contributed by atoms with van der Waals surface area (Å²) >= 11 is 0. The van der Waals surface area contributed by atoms with Crippen LogP contribution in [0.2, 0.25) is 0 Å². The summed E-state index contributed by atoms with van der Waals surface area (Å²) < 4.78 is 5.25. The van der Waals surface area contributed by atoms with Crippen molar-refractivity contribution in [2.24, 2.45) is 0 Å². The fraction of sp³-hybridized carbons (Fsp3) is 0.167. The molecule has 0 aliphatic rings. The quantitative estimate of drug-likeness (QED) is 0.658. The van der Waals surface area contributed by atoms with Crippen molar-refractivity contribution in [3.63, 3.8) is 0 Å². The van der Waals surface area contributed by atoms with E-state index in [-0.39, 0.29) is 5.56 Å². The molecule has 0 aliphatic heterocycles. The normalized spacial score (nSPS) is 10.7. The summed E-state index contributed by atoms with van der Waals surface area (Å²) in [4.78, 5) is 29.3. The van der Waals surface area contributed by atoms with Gasteiger partial charge in [-0.05, 0) is 13.0 Å². The number of hydrogen-bond donors (Lipinski definition) is 3. The van der Waals surface area contributed by atoms with Gasteiger partial charge in [0.1, 0.15) is 0 Å². The summed E-state index contributed by atoms with van der Waals surface area (Å²) in [6, 6.07) is 3.52. The summed E-state index contributed by atoms with van der Waals surface area (Å²) in [5.41, 5.74) is 1.11. The van der Waals surface area contributed by atoms with Crippen LogP contribution in [0.15, 0.2) is 29.5 Å². The summed E-state index contributed by atoms with van der Waals surface area (Å²) in [5.74, 6) is 0.850. The molecule has 8 heteroatoms. The Balaban J connectivity index is 1.86. The first-order chi connectivity index (χ1) is 9.76. The lowest BCUT2D eigenvalue weighted by Gasteiger charge is -2.06. The highest BCUT2D eigenvalue weighted by Crippen LogP contribution is 2.15. The predicted octanol–water partition coefficient (Wildman–Crippen LogP) is 1.18. The third-order valence-electron chi connectivity index (χ3n) is 2.59. The van der Waals surface area contributed by atoms with Gasteiger partial charge in [-0.2, -0.15) is 4.98 Å². The second-order valence-electron chi connectivity index (χ2n) is 3.96. The van der Waals surface area contributed by atoms with Gasteiger partial charge in [0.15, 0.2) is 11.2 Å². The number of nitrogens with zero attached hydrogens (tertiary/aromatic N) is 3. The predicted molar refractivity (Wildman–Crippen MR) is 73.2 cm³/mol. The maximum Gasteiger partial charge on any atom is 0.278 e. The number of imidazole rings is 1. The first-order valence-electron chi connectivity index (χ1n) is 6.05. The van der Waals surface area contributed by atoms with Crippen LogP contribution in [0.25, 0.3) is 11.2 Å². The number of H-pyrrole nitrogens is 2. The lowest BCUT2D eigenvalue weighted by atomic mass is 10.4. The Morgan fingerprint density at radius 2 is 2.25 bits per heavy atom. The number of aromatic nitrogens is 5. The molecule has 3 N–H and O–H groups in total. The molecule has 0 aromatic carbocycles. The van der Waals surface area contributed by atoms with Crippen molar-refractivity contribution in [3.8, 4) is 5.88 Å². The summed E-state index contributed by atoms with van der Waals surface area (Å²) in [5, 5.41) is 2.96. The first kappa shape index (κ1) is 12.2. The van der Waals surface area contributed by atoms with E-state index < -0.39 is 0 Å². The Bertz CT molecular complexity index is 776. The van der Waals surface area contributed by atoms with Crippen LogP contribution in [0.1, 0.15) is 6.92 Å². The number of fused-ring (bicyclic) bond motifs is 1. The minimum absolute atomic E-state index is 0.283. The number of nitrogens with one attached hydrogen (secondary N) is 3. The molecule has 102 valence electrons. The number of ether oxygens (including phenoxy) is 1. The topological polar surface area (TPSA) is 109 Å². The first-order valence-corrected chi connectivity index (χ1v) is 6.05. The molecular formula is C12H12N6O2. The fourth-order valence-corrected chi connectivity index (χ4v) is 1.73. The molecule has 0 saturated carbocycles. The number of hydrogen-bond acceptors (Lipinski definition) is 6. The number of aromatic amines is 2. The number of pyridine rings is 1. The molecule has 3 heterocycles. The Labute approximate surface area is 113 Å². The molecule has 0 saturated heterocycles. The Morgan fingerprint density at radius 3 is 3.00 bits per heavy atom. The van der Waals surface area contributed by atoms with E-state index in [0.29, 0.717) is 35.3 Å². The van der Waals surface area contributed by atoms with E-state index in [2.05, 4.69) is 30.2 Å². The van der Waals surface area contributed by atoms with Gasteiger partial charge in [-0.15, -0.1) is 0 Å². The molecule has 3 aromatic heterocycles. The van der Waals surface area contributed by atoms with Crippen molar-refractivity contribution in [1.82, 2.24) is 24.9 Å². The third kappa shape index (κ3) is 2.30. The second kappa shape index (κ2) is 5.00. The zero-order valence-electron chi connectivity index (χ0n) is 10.7. The number of rotatable bonds is 4. The molecule has 3 aromatic rings. The van der Waals surface area contributed by atoms with Crippen molar-refractivity contribution < 1.29 is 4.74 Å². The summed E-state index contributed by atoms with van der Waals surface area (Å²) in [6.45, 7) is 2.45. The molecule has 0 bridgehead atoms. The van der Waals surface area contributed by atoms with Gasteiger partial charge >= 0.3 is 0 Å². The Kier molecular flexibility index (Phi) is 3.04. The second-order valence-corrected chi connectivity index (χ2v) is 3.96. The molecule has 0 radical (unpaired) electrons. The highest BCUT2D eigenvalue weighted by atomic mass is 16.5. The maximum absolute atomic E-state index is 11.7. The van der Waals surface area contributed by atoms with E-state index in [4.69, 9.17) is 4.74 Å². The highest BCUT2D eigenvalue weighted by Gasteiger charge is 2.06. The van der Waals surface area contributed by atoms with Crippen LogP contribution in [0.3, 0.4) is 0 Å². The van der Waals surface area contributed by atoms with Gasteiger partial charge in [0.05, 0.1) is 24.8 Å².